The van der Waals surface area contributed by atoms with Crippen molar-refractivity contribution < 1.29 is 9.53 Å². The Balaban J connectivity index is 2.67. The van der Waals surface area contributed by atoms with Gasteiger partial charge in [-0.2, -0.15) is 0 Å². The summed E-state index contributed by atoms with van der Waals surface area (Å²) < 4.78 is 6.14. The molecule has 17 heavy (non-hydrogen) atoms. The molecule has 2 aromatic rings. The molecule has 0 fully saturated rings. The second-order valence-corrected chi connectivity index (χ2v) is 3.58. The van der Waals surface area contributed by atoms with E-state index >= 15 is 0 Å². The van der Waals surface area contributed by atoms with Crippen molar-refractivity contribution in [2.45, 2.75) is 13.8 Å². The highest BCUT2D eigenvalue weighted by atomic mass is 16.5. The maximum absolute atomic E-state index is 12.0. The van der Waals surface area contributed by atoms with Gasteiger partial charge in [-0.3, -0.25) is 9.20 Å². The van der Waals surface area contributed by atoms with Crippen molar-refractivity contribution in [1.29, 1.82) is 0 Å². The number of pyridine rings is 1. The zero-order valence-corrected chi connectivity index (χ0v) is 9.64. The summed E-state index contributed by atoms with van der Waals surface area (Å²) in [5.41, 5.74) is 0.970. The molecular formula is C12H12N2O3. The average molecular weight is 232 g/mol. The number of carbonyl (C=O) groups is 1. The van der Waals surface area contributed by atoms with Gasteiger partial charge in [-0.15, -0.1) is 0 Å². The number of esters is 1. The highest BCUT2D eigenvalue weighted by Gasteiger charge is 2.14. The van der Waals surface area contributed by atoms with Crippen molar-refractivity contribution in [3.63, 3.8) is 0 Å². The third kappa shape index (κ3) is 1.91. The van der Waals surface area contributed by atoms with Gasteiger partial charge in [0.05, 0.1) is 6.61 Å². The number of ether oxygens (including phenoxy) is 1. The Hall–Kier alpha value is -2.17. The van der Waals surface area contributed by atoms with Crippen LogP contribution in [0.2, 0.25) is 0 Å². The van der Waals surface area contributed by atoms with Gasteiger partial charge in [-0.1, -0.05) is 6.07 Å². The van der Waals surface area contributed by atoms with Crippen LogP contribution in [0.3, 0.4) is 0 Å². The first kappa shape index (κ1) is 11.3. The molecule has 2 aromatic heterocycles. The standard InChI is InChI=1S/C12H12N2O3/c1-3-17-12(16)9-7-13-10-8(2)5-4-6-14(10)11(9)15/h4-7H,3H2,1-2H3. The summed E-state index contributed by atoms with van der Waals surface area (Å²) in [5.74, 6) is -0.638. The van der Waals surface area contributed by atoms with Gasteiger partial charge in [0.25, 0.3) is 5.56 Å². The molecule has 88 valence electrons. The third-order valence-corrected chi connectivity index (χ3v) is 2.42. The summed E-state index contributed by atoms with van der Waals surface area (Å²) in [6, 6.07) is 3.59. The fourth-order valence-corrected chi connectivity index (χ4v) is 1.60. The lowest BCUT2D eigenvalue weighted by atomic mass is 10.2. The second kappa shape index (κ2) is 4.37. The van der Waals surface area contributed by atoms with E-state index in [2.05, 4.69) is 4.98 Å². The maximum atomic E-state index is 12.0. The first-order valence-corrected chi connectivity index (χ1v) is 5.29. The summed E-state index contributed by atoms with van der Waals surface area (Å²) in [6.07, 6.45) is 2.85. The number of aromatic nitrogens is 2. The van der Waals surface area contributed by atoms with Crippen LogP contribution in [0.15, 0.2) is 29.3 Å². The van der Waals surface area contributed by atoms with Crippen LogP contribution in [0.25, 0.3) is 5.65 Å². The zero-order chi connectivity index (χ0) is 12.4. The largest absolute Gasteiger partial charge is 0.462 e. The first-order chi connectivity index (χ1) is 8.15. The molecule has 0 amide bonds. The molecule has 5 nitrogen and oxygen atoms in total. The van der Waals surface area contributed by atoms with E-state index in [0.29, 0.717) is 5.65 Å². The number of carbonyl (C=O) groups excluding carboxylic acids is 1. The highest BCUT2D eigenvalue weighted by molar-refractivity contribution is 5.88. The number of rotatable bonds is 2. The van der Waals surface area contributed by atoms with Gasteiger partial charge >= 0.3 is 5.97 Å². The quantitative estimate of drug-likeness (QED) is 0.729. The van der Waals surface area contributed by atoms with Crippen molar-refractivity contribution in [2.75, 3.05) is 6.61 Å². The van der Waals surface area contributed by atoms with Gasteiger partial charge < -0.3 is 4.74 Å². The van der Waals surface area contributed by atoms with Gasteiger partial charge in [-0.05, 0) is 25.5 Å². The Morgan fingerprint density at radius 2 is 2.29 bits per heavy atom. The second-order valence-electron chi connectivity index (χ2n) is 3.58. The lowest BCUT2D eigenvalue weighted by Gasteiger charge is -2.05. The summed E-state index contributed by atoms with van der Waals surface area (Å²) in [4.78, 5) is 27.6. The van der Waals surface area contributed by atoms with Crippen molar-refractivity contribution in [3.8, 4) is 0 Å². The van der Waals surface area contributed by atoms with Crippen molar-refractivity contribution >= 4 is 11.6 Å². The molecule has 0 N–H and O–H groups in total. The lowest BCUT2D eigenvalue weighted by molar-refractivity contribution is 0.0523. The third-order valence-electron chi connectivity index (χ3n) is 2.42. The fraction of sp³-hybridized carbons (Fsp3) is 0.250. The Labute approximate surface area is 97.7 Å². The number of aryl methyl sites for hydroxylation is 1. The van der Waals surface area contributed by atoms with Crippen LogP contribution in [0.1, 0.15) is 22.8 Å². The molecule has 0 unspecified atom stereocenters. The highest BCUT2D eigenvalue weighted by Crippen LogP contribution is 2.05. The van der Waals surface area contributed by atoms with Gasteiger partial charge in [-0.25, -0.2) is 9.78 Å². The van der Waals surface area contributed by atoms with Crippen LogP contribution < -0.4 is 5.56 Å². The molecule has 0 aromatic carbocycles. The van der Waals surface area contributed by atoms with Crippen LogP contribution in [-0.2, 0) is 4.74 Å². The number of nitrogens with zero attached hydrogens (tertiary/aromatic N) is 2. The molecule has 0 radical (unpaired) electrons. The van der Waals surface area contributed by atoms with E-state index in [9.17, 15) is 9.59 Å². The molecule has 2 rings (SSSR count). The zero-order valence-electron chi connectivity index (χ0n) is 9.64. The summed E-state index contributed by atoms with van der Waals surface area (Å²) in [7, 11) is 0. The molecule has 0 saturated heterocycles. The molecule has 0 spiro atoms. The van der Waals surface area contributed by atoms with Gasteiger partial charge in [0, 0.05) is 12.4 Å². The van der Waals surface area contributed by atoms with E-state index in [1.54, 1.807) is 19.2 Å². The van der Waals surface area contributed by atoms with Crippen LogP contribution in [0.4, 0.5) is 0 Å². The molecule has 2 heterocycles. The van der Waals surface area contributed by atoms with E-state index in [1.807, 2.05) is 13.0 Å². The van der Waals surface area contributed by atoms with Crippen molar-refractivity contribution in [2.24, 2.45) is 0 Å². The number of fused-ring (bicyclic) bond motifs is 1. The molecule has 5 heteroatoms. The maximum Gasteiger partial charge on any atom is 0.345 e. The molecule has 0 aliphatic heterocycles. The molecule has 0 atom stereocenters. The SMILES string of the molecule is CCOC(=O)c1cnc2c(C)cccn2c1=O. The molecule has 0 saturated carbocycles. The minimum absolute atomic E-state index is 0.0463. The predicted molar refractivity (Wildman–Crippen MR) is 62.2 cm³/mol. The summed E-state index contributed by atoms with van der Waals surface area (Å²) >= 11 is 0. The Kier molecular flexibility index (Phi) is 2.91. The molecule has 0 bridgehead atoms. The summed E-state index contributed by atoms with van der Waals surface area (Å²) in [6.45, 7) is 3.77. The topological polar surface area (TPSA) is 60.7 Å². The smallest absolute Gasteiger partial charge is 0.345 e. The van der Waals surface area contributed by atoms with Crippen molar-refractivity contribution in [1.82, 2.24) is 9.38 Å². The number of hydrogen-bond donors (Lipinski definition) is 0. The van der Waals surface area contributed by atoms with E-state index in [4.69, 9.17) is 4.74 Å². The first-order valence-electron chi connectivity index (χ1n) is 5.29. The minimum atomic E-state index is -0.638. The normalized spacial score (nSPS) is 10.5. The van der Waals surface area contributed by atoms with Gasteiger partial charge in [0.2, 0.25) is 0 Å². The van der Waals surface area contributed by atoms with E-state index in [-0.39, 0.29) is 12.2 Å². The summed E-state index contributed by atoms with van der Waals surface area (Å²) in [5, 5.41) is 0. The van der Waals surface area contributed by atoms with E-state index in [1.165, 1.54) is 10.6 Å². The van der Waals surface area contributed by atoms with E-state index in [0.717, 1.165) is 5.56 Å². The predicted octanol–water partition coefficient (Wildman–Crippen LogP) is 1.18. The molecule has 0 aliphatic carbocycles. The monoisotopic (exact) mass is 232 g/mol. The van der Waals surface area contributed by atoms with Gasteiger partial charge in [0.1, 0.15) is 11.2 Å². The lowest BCUT2D eigenvalue weighted by Crippen LogP contribution is -2.24. The van der Waals surface area contributed by atoms with Gasteiger partial charge in [0.15, 0.2) is 0 Å². The van der Waals surface area contributed by atoms with Crippen LogP contribution in [0.5, 0.6) is 0 Å². The molecular weight excluding hydrogens is 220 g/mol. The molecule has 0 aliphatic rings. The van der Waals surface area contributed by atoms with Crippen LogP contribution >= 0.6 is 0 Å². The Bertz CT molecular complexity index is 631. The average Bonchev–Trinajstić information content (AvgIpc) is 2.31. The number of hydrogen-bond acceptors (Lipinski definition) is 4. The van der Waals surface area contributed by atoms with Crippen LogP contribution in [0, 0.1) is 6.92 Å². The minimum Gasteiger partial charge on any atom is -0.462 e. The fourth-order valence-electron chi connectivity index (χ4n) is 1.60. The Morgan fingerprint density at radius 3 is 3.00 bits per heavy atom. The Morgan fingerprint density at radius 1 is 1.53 bits per heavy atom. The van der Waals surface area contributed by atoms with E-state index < -0.39 is 11.5 Å². The van der Waals surface area contributed by atoms with Crippen LogP contribution in [-0.4, -0.2) is 22.0 Å². The van der Waals surface area contributed by atoms with Crippen molar-refractivity contribution in [3.05, 3.63) is 46.0 Å².